The molecule has 3 aromatic rings. The molecule has 0 spiro atoms. The summed E-state index contributed by atoms with van der Waals surface area (Å²) in [6, 6.07) is 8.45. The van der Waals surface area contributed by atoms with Gasteiger partial charge in [-0.05, 0) is 60.3 Å². The first-order valence-electron chi connectivity index (χ1n) is 11.0. The van der Waals surface area contributed by atoms with E-state index in [0.29, 0.717) is 12.5 Å². The van der Waals surface area contributed by atoms with Gasteiger partial charge >= 0.3 is 0 Å². The average Bonchev–Trinajstić information content (AvgIpc) is 3.47. The van der Waals surface area contributed by atoms with E-state index < -0.39 is 0 Å². The van der Waals surface area contributed by atoms with Crippen LogP contribution in [0.25, 0.3) is 10.9 Å². The van der Waals surface area contributed by atoms with Crippen molar-refractivity contribution < 1.29 is 4.79 Å². The van der Waals surface area contributed by atoms with Crippen LogP contribution in [0.15, 0.2) is 24.3 Å². The summed E-state index contributed by atoms with van der Waals surface area (Å²) in [5.41, 5.74) is 3.68. The van der Waals surface area contributed by atoms with Crippen molar-refractivity contribution in [1.29, 1.82) is 0 Å². The van der Waals surface area contributed by atoms with Crippen molar-refractivity contribution in [3.8, 4) is 0 Å². The number of aromatic nitrogens is 5. The van der Waals surface area contributed by atoms with Gasteiger partial charge in [-0.3, -0.25) is 9.69 Å². The zero-order valence-electron chi connectivity index (χ0n) is 17.7. The summed E-state index contributed by atoms with van der Waals surface area (Å²) in [6.07, 6.45) is 3.30. The number of nitrogens with zero attached hydrogens (tertiary/aromatic N) is 6. The Morgan fingerprint density at radius 2 is 2.00 bits per heavy atom. The largest absolute Gasteiger partial charge is 0.356 e. The minimum atomic E-state index is 0.0344. The minimum absolute atomic E-state index is 0.0344. The molecule has 1 unspecified atom stereocenters. The van der Waals surface area contributed by atoms with Gasteiger partial charge in [0, 0.05) is 23.1 Å². The molecule has 158 valence electrons. The van der Waals surface area contributed by atoms with E-state index in [4.69, 9.17) is 0 Å². The van der Waals surface area contributed by atoms with E-state index in [9.17, 15) is 4.79 Å². The van der Waals surface area contributed by atoms with Crippen LogP contribution >= 0.6 is 0 Å². The normalized spacial score (nSPS) is 19.7. The summed E-state index contributed by atoms with van der Waals surface area (Å²) in [7, 11) is 0. The number of fused-ring (bicyclic) bond motifs is 3. The lowest BCUT2D eigenvalue weighted by atomic mass is 9.90. The fraction of sp³-hybridized carbons (Fsp3) is 0.545. The SMILES string of the molecule is CC(C)C1c2[nH]c3ccccc3c2CCN1C(=O)Cn1nnnc1CN1CCCC1. The summed E-state index contributed by atoms with van der Waals surface area (Å²) in [5, 5.41) is 13.4. The van der Waals surface area contributed by atoms with E-state index in [2.05, 4.69) is 63.5 Å². The van der Waals surface area contributed by atoms with Crippen molar-refractivity contribution in [3.05, 3.63) is 41.3 Å². The molecule has 0 saturated carbocycles. The first-order valence-corrected chi connectivity index (χ1v) is 11.0. The summed E-state index contributed by atoms with van der Waals surface area (Å²) < 4.78 is 1.68. The third kappa shape index (κ3) is 3.39. The Morgan fingerprint density at radius 3 is 2.80 bits per heavy atom. The Labute approximate surface area is 176 Å². The van der Waals surface area contributed by atoms with Gasteiger partial charge in [-0.1, -0.05) is 32.0 Å². The van der Waals surface area contributed by atoms with Crippen LogP contribution < -0.4 is 0 Å². The Hall–Kier alpha value is -2.74. The van der Waals surface area contributed by atoms with Crippen LogP contribution in [0.2, 0.25) is 0 Å². The van der Waals surface area contributed by atoms with Gasteiger partial charge in [-0.2, -0.15) is 0 Å². The highest BCUT2D eigenvalue weighted by Crippen LogP contribution is 2.38. The van der Waals surface area contributed by atoms with E-state index in [1.165, 1.54) is 29.5 Å². The van der Waals surface area contributed by atoms with Gasteiger partial charge < -0.3 is 9.88 Å². The van der Waals surface area contributed by atoms with Crippen molar-refractivity contribution >= 4 is 16.8 Å². The Morgan fingerprint density at radius 1 is 1.20 bits per heavy atom. The fourth-order valence-corrected chi connectivity index (χ4v) is 5.06. The second-order valence-electron chi connectivity index (χ2n) is 8.82. The van der Waals surface area contributed by atoms with E-state index in [0.717, 1.165) is 37.4 Å². The number of nitrogens with one attached hydrogen (secondary N) is 1. The lowest BCUT2D eigenvalue weighted by molar-refractivity contribution is -0.136. The van der Waals surface area contributed by atoms with Crippen molar-refractivity contribution in [2.24, 2.45) is 5.92 Å². The minimum Gasteiger partial charge on any atom is -0.356 e. The molecule has 1 amide bonds. The quantitative estimate of drug-likeness (QED) is 0.703. The van der Waals surface area contributed by atoms with Crippen LogP contribution in [0.4, 0.5) is 0 Å². The van der Waals surface area contributed by atoms with Gasteiger partial charge in [0.1, 0.15) is 6.54 Å². The molecule has 1 N–H and O–H groups in total. The molecule has 30 heavy (non-hydrogen) atoms. The standard InChI is InChI=1S/C22H29N7O/c1-15(2)22-21-17(16-7-3-4-8-18(16)23-21)9-12-28(22)20(30)14-29-19(24-25-26-29)13-27-10-5-6-11-27/h3-4,7-8,15,22-23H,5-6,9-14H2,1-2H3. The molecule has 2 aromatic heterocycles. The first kappa shape index (κ1) is 19.2. The molecular weight excluding hydrogens is 378 g/mol. The van der Waals surface area contributed by atoms with Crippen LogP contribution in [0, 0.1) is 5.92 Å². The van der Waals surface area contributed by atoms with Crippen LogP contribution in [0.5, 0.6) is 0 Å². The molecule has 1 fully saturated rings. The zero-order chi connectivity index (χ0) is 20.7. The summed E-state index contributed by atoms with van der Waals surface area (Å²) in [4.78, 5) is 21.3. The third-order valence-corrected chi connectivity index (χ3v) is 6.49. The smallest absolute Gasteiger partial charge is 0.245 e. The molecule has 1 saturated heterocycles. The number of amides is 1. The number of aromatic amines is 1. The molecular formula is C22H29N7O. The Kier molecular flexibility index (Phi) is 5.02. The molecule has 0 radical (unpaired) electrons. The number of para-hydroxylation sites is 1. The van der Waals surface area contributed by atoms with Crippen molar-refractivity contribution in [2.75, 3.05) is 19.6 Å². The number of hydrogen-bond acceptors (Lipinski definition) is 5. The van der Waals surface area contributed by atoms with Crippen molar-refractivity contribution in [1.82, 2.24) is 35.0 Å². The third-order valence-electron chi connectivity index (χ3n) is 6.49. The lowest BCUT2D eigenvalue weighted by Crippen LogP contribution is -2.44. The number of tetrazole rings is 1. The van der Waals surface area contributed by atoms with Gasteiger partial charge in [0.25, 0.3) is 0 Å². The molecule has 0 bridgehead atoms. The first-order chi connectivity index (χ1) is 14.6. The number of carbonyl (C=O) groups is 1. The fourth-order valence-electron chi connectivity index (χ4n) is 5.06. The van der Waals surface area contributed by atoms with Crippen molar-refractivity contribution in [3.63, 3.8) is 0 Å². The van der Waals surface area contributed by atoms with Crippen LogP contribution in [-0.2, 0) is 24.3 Å². The summed E-state index contributed by atoms with van der Waals surface area (Å²) in [5.74, 6) is 1.15. The predicted molar refractivity (Wildman–Crippen MR) is 114 cm³/mol. The van der Waals surface area contributed by atoms with E-state index in [1.807, 2.05) is 4.90 Å². The molecule has 2 aliphatic heterocycles. The molecule has 0 aliphatic carbocycles. The second kappa shape index (κ2) is 7.83. The number of hydrogen-bond donors (Lipinski definition) is 1. The van der Waals surface area contributed by atoms with Gasteiger partial charge in [0.05, 0.1) is 12.6 Å². The number of likely N-dealkylation sites (tertiary alicyclic amines) is 1. The van der Waals surface area contributed by atoms with Gasteiger partial charge in [-0.15, -0.1) is 5.10 Å². The molecule has 8 heteroatoms. The average molecular weight is 408 g/mol. The molecule has 4 heterocycles. The van der Waals surface area contributed by atoms with E-state index >= 15 is 0 Å². The highest BCUT2D eigenvalue weighted by atomic mass is 16.2. The number of H-pyrrole nitrogens is 1. The second-order valence-corrected chi connectivity index (χ2v) is 8.82. The molecule has 5 rings (SSSR count). The summed E-state index contributed by atoms with van der Waals surface area (Å²) in [6.45, 7) is 8.13. The topological polar surface area (TPSA) is 82.9 Å². The maximum atomic E-state index is 13.4. The Bertz CT molecular complexity index is 1050. The number of rotatable bonds is 5. The van der Waals surface area contributed by atoms with Crippen molar-refractivity contribution in [2.45, 2.75) is 52.2 Å². The Balaban J connectivity index is 1.39. The van der Waals surface area contributed by atoms with Crippen LogP contribution in [0.1, 0.15) is 49.8 Å². The predicted octanol–water partition coefficient (Wildman–Crippen LogP) is 2.53. The highest BCUT2D eigenvalue weighted by Gasteiger charge is 2.35. The van der Waals surface area contributed by atoms with E-state index in [-0.39, 0.29) is 18.5 Å². The maximum Gasteiger partial charge on any atom is 0.245 e. The number of carbonyl (C=O) groups excluding carboxylic acids is 1. The molecule has 1 atom stereocenters. The monoisotopic (exact) mass is 407 g/mol. The number of benzene rings is 1. The summed E-state index contributed by atoms with van der Waals surface area (Å²) >= 11 is 0. The maximum absolute atomic E-state index is 13.4. The highest BCUT2D eigenvalue weighted by molar-refractivity contribution is 5.86. The van der Waals surface area contributed by atoms with Gasteiger partial charge in [0.2, 0.25) is 5.91 Å². The van der Waals surface area contributed by atoms with Crippen LogP contribution in [-0.4, -0.2) is 60.5 Å². The molecule has 8 nitrogen and oxygen atoms in total. The van der Waals surface area contributed by atoms with Crippen LogP contribution in [0.3, 0.4) is 0 Å². The van der Waals surface area contributed by atoms with Gasteiger partial charge in [-0.25, -0.2) is 4.68 Å². The molecule has 2 aliphatic rings. The zero-order valence-corrected chi connectivity index (χ0v) is 17.7. The lowest BCUT2D eigenvalue weighted by Gasteiger charge is -2.38. The van der Waals surface area contributed by atoms with Gasteiger partial charge in [0.15, 0.2) is 5.82 Å². The van der Waals surface area contributed by atoms with E-state index in [1.54, 1.807) is 4.68 Å². The molecule has 1 aromatic carbocycles.